The Balaban J connectivity index is 1.49. The minimum atomic E-state index is -0.635. The molecule has 132 valence electrons. The van der Waals surface area contributed by atoms with Crippen LogP contribution in [0.15, 0.2) is 48.5 Å². The predicted molar refractivity (Wildman–Crippen MR) is 92.4 cm³/mol. The summed E-state index contributed by atoms with van der Waals surface area (Å²) >= 11 is 0. The highest BCUT2D eigenvalue weighted by Gasteiger charge is 2.22. The molecule has 3 rings (SSSR count). The molecule has 6 heteroatoms. The number of benzene rings is 2. The quantitative estimate of drug-likeness (QED) is 0.873. The molecule has 0 fully saturated rings. The van der Waals surface area contributed by atoms with Gasteiger partial charge in [-0.05, 0) is 31.2 Å². The van der Waals surface area contributed by atoms with Crippen LogP contribution in [0, 0.1) is 0 Å². The highest BCUT2D eigenvalue weighted by atomic mass is 16.6. The maximum absolute atomic E-state index is 12.2. The molecule has 2 atom stereocenters. The van der Waals surface area contributed by atoms with E-state index < -0.39 is 6.10 Å². The third-order valence-corrected chi connectivity index (χ3v) is 3.79. The summed E-state index contributed by atoms with van der Waals surface area (Å²) in [5, 5.41) is 2.83. The minimum absolute atomic E-state index is 0.217. The van der Waals surface area contributed by atoms with Gasteiger partial charge in [0.15, 0.2) is 17.6 Å². The summed E-state index contributed by atoms with van der Waals surface area (Å²) in [6, 6.07) is 14.6. The van der Waals surface area contributed by atoms with E-state index in [1.54, 1.807) is 26.2 Å². The van der Waals surface area contributed by atoms with E-state index in [1.807, 2.05) is 36.4 Å². The first-order chi connectivity index (χ1) is 12.2. The second-order valence-electron chi connectivity index (χ2n) is 5.68. The lowest BCUT2D eigenvalue weighted by Crippen LogP contribution is -2.44. The topological polar surface area (TPSA) is 66.0 Å². The average molecular weight is 343 g/mol. The van der Waals surface area contributed by atoms with Crippen LogP contribution in [0.1, 0.15) is 6.92 Å². The molecule has 0 spiro atoms. The van der Waals surface area contributed by atoms with E-state index in [1.165, 1.54) is 0 Å². The van der Waals surface area contributed by atoms with E-state index in [4.69, 9.17) is 18.9 Å². The van der Waals surface area contributed by atoms with Crippen molar-refractivity contribution in [1.82, 2.24) is 5.32 Å². The summed E-state index contributed by atoms with van der Waals surface area (Å²) in [4.78, 5) is 12.2. The van der Waals surface area contributed by atoms with Crippen LogP contribution in [0.4, 0.5) is 0 Å². The van der Waals surface area contributed by atoms with Crippen molar-refractivity contribution in [1.29, 1.82) is 0 Å². The Morgan fingerprint density at radius 1 is 1.20 bits per heavy atom. The number of amides is 1. The number of fused-ring (bicyclic) bond motifs is 1. The summed E-state index contributed by atoms with van der Waals surface area (Å²) in [5.41, 5.74) is 0. The maximum atomic E-state index is 12.2. The van der Waals surface area contributed by atoms with Crippen LogP contribution in [-0.4, -0.2) is 38.4 Å². The van der Waals surface area contributed by atoms with Gasteiger partial charge in [0.05, 0.1) is 13.7 Å². The average Bonchev–Trinajstić information content (AvgIpc) is 2.66. The van der Waals surface area contributed by atoms with Gasteiger partial charge in [0, 0.05) is 6.07 Å². The van der Waals surface area contributed by atoms with Crippen LogP contribution in [0.2, 0.25) is 0 Å². The van der Waals surface area contributed by atoms with Crippen LogP contribution >= 0.6 is 0 Å². The van der Waals surface area contributed by atoms with Crippen molar-refractivity contribution in [2.45, 2.75) is 19.1 Å². The zero-order valence-electron chi connectivity index (χ0n) is 14.2. The van der Waals surface area contributed by atoms with Crippen molar-refractivity contribution in [3.63, 3.8) is 0 Å². The van der Waals surface area contributed by atoms with Crippen molar-refractivity contribution >= 4 is 5.91 Å². The first-order valence-corrected chi connectivity index (χ1v) is 8.12. The molecule has 1 heterocycles. The van der Waals surface area contributed by atoms with Crippen molar-refractivity contribution in [2.24, 2.45) is 0 Å². The molecular formula is C19H21NO5. The molecule has 0 aromatic heterocycles. The van der Waals surface area contributed by atoms with Crippen LogP contribution in [0.25, 0.3) is 0 Å². The van der Waals surface area contributed by atoms with Crippen LogP contribution in [-0.2, 0) is 4.79 Å². The first-order valence-electron chi connectivity index (χ1n) is 8.12. The number of ether oxygens (including phenoxy) is 4. The Hall–Kier alpha value is -2.89. The summed E-state index contributed by atoms with van der Waals surface area (Å²) in [5.74, 6) is 2.45. The Bertz CT molecular complexity index is 733. The van der Waals surface area contributed by atoms with Crippen molar-refractivity contribution < 1.29 is 23.7 Å². The molecule has 1 amide bonds. The first kappa shape index (κ1) is 17.0. The number of carbonyl (C=O) groups excluding carboxylic acids is 1. The lowest BCUT2D eigenvalue weighted by molar-refractivity contribution is -0.127. The van der Waals surface area contributed by atoms with E-state index >= 15 is 0 Å². The van der Waals surface area contributed by atoms with Crippen molar-refractivity contribution in [2.75, 3.05) is 20.3 Å². The van der Waals surface area contributed by atoms with E-state index in [0.29, 0.717) is 30.4 Å². The Labute approximate surface area is 146 Å². The zero-order valence-corrected chi connectivity index (χ0v) is 14.2. The number of hydrogen-bond acceptors (Lipinski definition) is 5. The number of nitrogens with one attached hydrogen (secondary N) is 1. The number of carbonyl (C=O) groups is 1. The van der Waals surface area contributed by atoms with Crippen molar-refractivity contribution in [3.8, 4) is 23.0 Å². The molecular weight excluding hydrogens is 322 g/mol. The third kappa shape index (κ3) is 4.35. The number of hydrogen-bond donors (Lipinski definition) is 1. The van der Waals surface area contributed by atoms with Gasteiger partial charge in [0.25, 0.3) is 5.91 Å². The van der Waals surface area contributed by atoms with Crippen molar-refractivity contribution in [3.05, 3.63) is 48.5 Å². The molecule has 0 bridgehead atoms. The van der Waals surface area contributed by atoms with Crippen LogP contribution < -0.4 is 24.3 Å². The second kappa shape index (κ2) is 7.79. The standard InChI is InChI=1S/C19H21NO5/c1-13(24-15-7-5-6-14(10-15)22-2)19(21)20-11-16-12-23-17-8-3-4-9-18(17)25-16/h3-10,13,16H,11-12H2,1-2H3,(H,20,21)/t13-,16+/m0/s1. The van der Waals surface area contributed by atoms with Gasteiger partial charge in [-0.3, -0.25) is 4.79 Å². The fourth-order valence-corrected chi connectivity index (χ4v) is 2.45. The zero-order chi connectivity index (χ0) is 17.6. The molecule has 0 aliphatic carbocycles. The molecule has 1 aliphatic heterocycles. The summed E-state index contributed by atoms with van der Waals surface area (Å²) < 4.78 is 22.2. The van der Waals surface area contributed by atoms with Gasteiger partial charge in [0.2, 0.25) is 0 Å². The van der Waals surface area contributed by atoms with E-state index in [-0.39, 0.29) is 12.0 Å². The Morgan fingerprint density at radius 2 is 1.96 bits per heavy atom. The third-order valence-electron chi connectivity index (χ3n) is 3.79. The summed E-state index contributed by atoms with van der Waals surface area (Å²) in [7, 11) is 1.58. The molecule has 6 nitrogen and oxygen atoms in total. The van der Waals surface area contributed by atoms with Gasteiger partial charge >= 0.3 is 0 Å². The van der Waals surface area contributed by atoms with Gasteiger partial charge < -0.3 is 24.3 Å². The van der Waals surface area contributed by atoms with Crippen LogP contribution in [0.3, 0.4) is 0 Å². The van der Waals surface area contributed by atoms with Gasteiger partial charge in [-0.1, -0.05) is 18.2 Å². The SMILES string of the molecule is COc1cccc(O[C@@H](C)C(=O)NC[C@@H]2COc3ccccc3O2)c1. The summed E-state index contributed by atoms with van der Waals surface area (Å²) in [6.07, 6.45) is -0.869. The number of rotatable bonds is 6. The normalized spacial score (nSPS) is 16.6. The Morgan fingerprint density at radius 3 is 2.76 bits per heavy atom. The molecule has 1 N–H and O–H groups in total. The van der Waals surface area contributed by atoms with Gasteiger partial charge in [-0.15, -0.1) is 0 Å². The monoisotopic (exact) mass is 343 g/mol. The smallest absolute Gasteiger partial charge is 0.260 e. The molecule has 2 aromatic carbocycles. The minimum Gasteiger partial charge on any atom is -0.497 e. The predicted octanol–water partition coefficient (Wildman–Crippen LogP) is 2.42. The van der Waals surface area contributed by atoms with E-state index in [9.17, 15) is 4.79 Å². The summed E-state index contributed by atoms with van der Waals surface area (Å²) in [6.45, 7) is 2.43. The lowest BCUT2D eigenvalue weighted by Gasteiger charge is -2.27. The highest BCUT2D eigenvalue weighted by molar-refractivity contribution is 5.80. The lowest BCUT2D eigenvalue weighted by atomic mass is 10.2. The van der Waals surface area contributed by atoms with Gasteiger partial charge in [-0.2, -0.15) is 0 Å². The molecule has 0 saturated carbocycles. The van der Waals surface area contributed by atoms with E-state index in [0.717, 1.165) is 5.75 Å². The number of para-hydroxylation sites is 2. The maximum Gasteiger partial charge on any atom is 0.260 e. The Kier molecular flexibility index (Phi) is 5.28. The largest absolute Gasteiger partial charge is 0.497 e. The molecule has 1 aliphatic rings. The molecule has 2 aromatic rings. The van der Waals surface area contributed by atoms with Gasteiger partial charge in [-0.25, -0.2) is 0 Å². The molecule has 0 unspecified atom stereocenters. The number of methoxy groups -OCH3 is 1. The molecule has 0 radical (unpaired) electrons. The molecule has 0 saturated heterocycles. The highest BCUT2D eigenvalue weighted by Crippen LogP contribution is 2.30. The fourth-order valence-electron chi connectivity index (χ4n) is 2.45. The molecule has 25 heavy (non-hydrogen) atoms. The fraction of sp³-hybridized carbons (Fsp3) is 0.316. The van der Waals surface area contributed by atoms with Crippen LogP contribution in [0.5, 0.6) is 23.0 Å². The van der Waals surface area contributed by atoms with E-state index in [2.05, 4.69) is 5.32 Å². The second-order valence-corrected chi connectivity index (χ2v) is 5.68. The van der Waals surface area contributed by atoms with Gasteiger partial charge in [0.1, 0.15) is 24.2 Å².